The zero-order valence-corrected chi connectivity index (χ0v) is 17.8. The van der Waals surface area contributed by atoms with Crippen LogP contribution >= 0.6 is 0 Å². The summed E-state index contributed by atoms with van der Waals surface area (Å²) >= 11 is 0. The maximum Gasteiger partial charge on any atom is 0.120 e. The average molecular weight is 433 g/mol. The second-order valence-corrected chi connectivity index (χ2v) is 7.10. The molecule has 1 atom stereocenters. The molecule has 6 heteroatoms. The third kappa shape index (κ3) is 6.25. The fourth-order valence-corrected chi connectivity index (χ4v) is 3.63. The Labute approximate surface area is 184 Å². The van der Waals surface area contributed by atoms with Crippen LogP contribution in [0.25, 0.3) is 10.8 Å². The van der Waals surface area contributed by atoms with Crippen LogP contribution in [0.2, 0.25) is 0 Å². The van der Waals surface area contributed by atoms with Crippen LogP contribution in [0.15, 0.2) is 72.8 Å². The second kappa shape index (κ2) is 11.3. The molecular formula is C23H26Cl2N2O2-2. The van der Waals surface area contributed by atoms with Crippen molar-refractivity contribution in [2.75, 3.05) is 44.2 Å². The first kappa shape index (κ1) is 23.3. The minimum atomic E-state index is -0.486. The molecule has 1 N–H and O–H groups in total. The maximum absolute atomic E-state index is 10.4. The Morgan fingerprint density at radius 1 is 0.793 bits per heavy atom. The van der Waals surface area contributed by atoms with Crippen LogP contribution in [0, 0.1) is 0 Å². The lowest BCUT2D eigenvalue weighted by Gasteiger charge is -2.36. The van der Waals surface area contributed by atoms with Gasteiger partial charge in [0.2, 0.25) is 0 Å². The first-order valence-electron chi connectivity index (χ1n) is 9.60. The lowest BCUT2D eigenvalue weighted by Crippen LogP contribution is -3.00. The van der Waals surface area contributed by atoms with E-state index in [-0.39, 0.29) is 24.8 Å². The van der Waals surface area contributed by atoms with Gasteiger partial charge in [-0.2, -0.15) is 0 Å². The summed E-state index contributed by atoms with van der Waals surface area (Å²) in [5.41, 5.74) is 1.28. The molecule has 3 aromatic rings. The molecule has 0 aromatic heterocycles. The Hall–Kier alpha value is -1.98. The number of benzene rings is 3. The third-order valence-corrected chi connectivity index (χ3v) is 5.13. The lowest BCUT2D eigenvalue weighted by atomic mass is 10.1. The van der Waals surface area contributed by atoms with Gasteiger partial charge in [-0.3, -0.25) is 4.90 Å². The highest BCUT2D eigenvalue weighted by Gasteiger charge is 2.19. The number of fused-ring (bicyclic) bond motifs is 1. The Balaban J connectivity index is 0.00000150. The van der Waals surface area contributed by atoms with Crippen molar-refractivity contribution in [2.45, 2.75) is 6.10 Å². The number of rotatable bonds is 6. The molecule has 1 unspecified atom stereocenters. The van der Waals surface area contributed by atoms with Gasteiger partial charge >= 0.3 is 0 Å². The van der Waals surface area contributed by atoms with Crippen molar-refractivity contribution in [3.05, 3.63) is 72.8 Å². The number of aliphatic hydroxyl groups excluding tert-OH is 1. The summed E-state index contributed by atoms with van der Waals surface area (Å²) in [4.78, 5) is 4.71. The minimum absolute atomic E-state index is 0. The first-order valence-corrected chi connectivity index (χ1v) is 9.60. The van der Waals surface area contributed by atoms with Gasteiger partial charge < -0.3 is 39.6 Å². The quantitative estimate of drug-likeness (QED) is 0.463. The molecule has 1 aliphatic heterocycles. The summed E-state index contributed by atoms with van der Waals surface area (Å²) < 4.78 is 5.82. The van der Waals surface area contributed by atoms with Crippen LogP contribution in [0.3, 0.4) is 0 Å². The highest BCUT2D eigenvalue weighted by atomic mass is 35.5. The zero-order valence-electron chi connectivity index (χ0n) is 16.3. The third-order valence-electron chi connectivity index (χ3n) is 5.13. The van der Waals surface area contributed by atoms with Crippen molar-refractivity contribution in [2.24, 2.45) is 0 Å². The van der Waals surface area contributed by atoms with E-state index in [1.165, 1.54) is 11.1 Å². The van der Waals surface area contributed by atoms with Crippen LogP contribution in [-0.2, 0) is 0 Å². The number of hydrogen-bond donors (Lipinski definition) is 1. The summed E-state index contributed by atoms with van der Waals surface area (Å²) in [5, 5.41) is 12.7. The molecule has 0 amide bonds. The Kier molecular flexibility index (Phi) is 9.05. The van der Waals surface area contributed by atoms with Crippen molar-refractivity contribution >= 4 is 16.5 Å². The molecule has 1 aliphatic rings. The van der Waals surface area contributed by atoms with Gasteiger partial charge in [0.05, 0.1) is 0 Å². The standard InChI is InChI=1S/C23H26N2O2.2ClH/c26-22(18-27-23-11-10-19-6-4-5-7-20(19)16-23)17-24-12-14-25(15-13-24)21-8-2-1-3-9-21;;/h1-11,16,22,26H,12-15,17-18H2;2*1H/p-2. The van der Waals surface area contributed by atoms with E-state index in [2.05, 4.69) is 52.3 Å². The number of ether oxygens (including phenoxy) is 1. The number of aliphatic hydroxyl groups is 1. The van der Waals surface area contributed by atoms with Crippen LogP contribution in [0.5, 0.6) is 5.75 Å². The predicted octanol–water partition coefficient (Wildman–Crippen LogP) is -2.59. The van der Waals surface area contributed by atoms with Crippen molar-refractivity contribution in [3.8, 4) is 5.75 Å². The minimum Gasteiger partial charge on any atom is -1.00 e. The molecular weight excluding hydrogens is 407 g/mol. The number of hydrogen-bond acceptors (Lipinski definition) is 4. The molecule has 1 saturated heterocycles. The summed E-state index contributed by atoms with van der Waals surface area (Å²) in [5.74, 6) is 0.807. The number of nitrogens with zero attached hydrogens (tertiary/aromatic N) is 2. The fraction of sp³-hybridized carbons (Fsp3) is 0.304. The van der Waals surface area contributed by atoms with Crippen molar-refractivity contribution in [1.82, 2.24) is 4.90 Å². The van der Waals surface area contributed by atoms with E-state index in [0.717, 1.165) is 37.3 Å². The summed E-state index contributed by atoms with van der Waals surface area (Å²) in [6.07, 6.45) is -0.486. The highest BCUT2D eigenvalue weighted by molar-refractivity contribution is 5.83. The van der Waals surface area contributed by atoms with Crippen LogP contribution < -0.4 is 34.5 Å². The Bertz CT molecular complexity index is 871. The number of para-hydroxylation sites is 1. The maximum atomic E-state index is 10.4. The SMILES string of the molecule is OC(COc1ccc2ccccc2c1)CN1CCN(c2ccccc2)CC1.[Cl-].[Cl-]. The lowest BCUT2D eigenvalue weighted by molar-refractivity contribution is -0.001000. The Morgan fingerprint density at radius 2 is 1.45 bits per heavy atom. The smallest absolute Gasteiger partial charge is 0.120 e. The number of β-amino-alcohol motifs (C(OH)–C–C–N with tert-alkyl or cyclic N) is 1. The molecule has 3 aromatic carbocycles. The van der Waals surface area contributed by atoms with Gasteiger partial charge in [-0.05, 0) is 35.0 Å². The summed E-state index contributed by atoms with van der Waals surface area (Å²) in [6.45, 7) is 4.86. The summed E-state index contributed by atoms with van der Waals surface area (Å²) in [7, 11) is 0. The van der Waals surface area contributed by atoms with Crippen LogP contribution in [0.4, 0.5) is 5.69 Å². The normalized spacial score (nSPS) is 15.3. The van der Waals surface area contributed by atoms with E-state index < -0.39 is 6.10 Å². The Morgan fingerprint density at radius 3 is 2.17 bits per heavy atom. The molecule has 1 fully saturated rings. The molecule has 0 spiro atoms. The van der Waals surface area contributed by atoms with Gasteiger partial charge in [0.1, 0.15) is 18.5 Å². The molecule has 4 nitrogen and oxygen atoms in total. The topological polar surface area (TPSA) is 35.9 Å². The molecule has 156 valence electrons. The number of anilines is 1. The fourth-order valence-electron chi connectivity index (χ4n) is 3.63. The van der Waals surface area contributed by atoms with E-state index in [0.29, 0.717) is 13.2 Å². The molecule has 0 bridgehead atoms. The van der Waals surface area contributed by atoms with Gasteiger partial charge in [0.15, 0.2) is 0 Å². The van der Waals surface area contributed by atoms with Gasteiger partial charge in [-0.1, -0.05) is 48.5 Å². The largest absolute Gasteiger partial charge is 1.00 e. The molecule has 1 heterocycles. The monoisotopic (exact) mass is 432 g/mol. The van der Waals surface area contributed by atoms with E-state index in [1.54, 1.807) is 0 Å². The van der Waals surface area contributed by atoms with E-state index in [1.807, 2.05) is 30.3 Å². The highest BCUT2D eigenvalue weighted by Crippen LogP contribution is 2.21. The van der Waals surface area contributed by atoms with E-state index in [4.69, 9.17) is 4.74 Å². The molecule has 29 heavy (non-hydrogen) atoms. The van der Waals surface area contributed by atoms with Gasteiger partial charge in [0.25, 0.3) is 0 Å². The molecule has 0 aliphatic carbocycles. The molecule has 0 saturated carbocycles. The predicted molar refractivity (Wildman–Crippen MR) is 111 cm³/mol. The van der Waals surface area contributed by atoms with Crippen molar-refractivity contribution < 1.29 is 34.7 Å². The van der Waals surface area contributed by atoms with Gasteiger partial charge in [0, 0.05) is 38.4 Å². The van der Waals surface area contributed by atoms with E-state index >= 15 is 0 Å². The van der Waals surface area contributed by atoms with Crippen LogP contribution in [0.1, 0.15) is 0 Å². The van der Waals surface area contributed by atoms with Crippen molar-refractivity contribution in [3.63, 3.8) is 0 Å². The second-order valence-electron chi connectivity index (χ2n) is 7.10. The first-order chi connectivity index (χ1) is 13.3. The molecule has 0 radical (unpaired) electrons. The van der Waals surface area contributed by atoms with Gasteiger partial charge in [-0.15, -0.1) is 0 Å². The zero-order chi connectivity index (χ0) is 18.5. The van der Waals surface area contributed by atoms with Gasteiger partial charge in [-0.25, -0.2) is 0 Å². The molecule has 4 rings (SSSR count). The van der Waals surface area contributed by atoms with Crippen LogP contribution in [-0.4, -0.2) is 55.4 Å². The number of halogens is 2. The van der Waals surface area contributed by atoms with Crippen molar-refractivity contribution in [1.29, 1.82) is 0 Å². The van der Waals surface area contributed by atoms with E-state index in [9.17, 15) is 5.11 Å². The average Bonchev–Trinajstić information content (AvgIpc) is 2.73. The summed E-state index contributed by atoms with van der Waals surface area (Å²) in [6, 6.07) is 24.8. The number of piperazine rings is 1.